The number of fused-ring (bicyclic) bond motifs is 1. The van der Waals surface area contributed by atoms with Gasteiger partial charge >= 0.3 is 5.97 Å². The van der Waals surface area contributed by atoms with Crippen molar-refractivity contribution in [3.05, 3.63) is 48.0 Å². The summed E-state index contributed by atoms with van der Waals surface area (Å²) in [6.07, 6.45) is 1.91. The normalized spacial score (nSPS) is 12.5. The SMILES string of the molecule is COC(=O)c1ccc([C@@H](C)Sc2nnc3ccccn23)o1. The van der Waals surface area contributed by atoms with Gasteiger partial charge in [-0.15, -0.1) is 10.2 Å². The lowest BCUT2D eigenvalue weighted by Gasteiger charge is -2.06. The van der Waals surface area contributed by atoms with Crippen LogP contribution < -0.4 is 0 Å². The van der Waals surface area contributed by atoms with E-state index in [0.29, 0.717) is 5.76 Å². The Morgan fingerprint density at radius 2 is 2.19 bits per heavy atom. The number of carbonyl (C=O) groups excluding carboxylic acids is 1. The molecule has 0 radical (unpaired) electrons. The summed E-state index contributed by atoms with van der Waals surface area (Å²) in [5.74, 6) is 0.408. The predicted octanol–water partition coefficient (Wildman–Crippen LogP) is 2.96. The van der Waals surface area contributed by atoms with Gasteiger partial charge in [0.25, 0.3) is 0 Å². The Morgan fingerprint density at radius 1 is 1.33 bits per heavy atom. The third kappa shape index (κ3) is 2.64. The highest BCUT2D eigenvalue weighted by Gasteiger charge is 2.18. The summed E-state index contributed by atoms with van der Waals surface area (Å²) in [6, 6.07) is 9.11. The summed E-state index contributed by atoms with van der Waals surface area (Å²) in [5.41, 5.74) is 0.793. The molecule has 0 aromatic carbocycles. The monoisotopic (exact) mass is 303 g/mol. The van der Waals surface area contributed by atoms with E-state index in [1.807, 2.05) is 35.7 Å². The van der Waals surface area contributed by atoms with Gasteiger partial charge in [-0.2, -0.15) is 0 Å². The minimum atomic E-state index is -0.480. The van der Waals surface area contributed by atoms with E-state index in [9.17, 15) is 4.79 Å². The predicted molar refractivity (Wildman–Crippen MR) is 77.3 cm³/mol. The lowest BCUT2D eigenvalue weighted by molar-refractivity contribution is 0.0563. The maximum Gasteiger partial charge on any atom is 0.373 e. The molecule has 0 aliphatic carbocycles. The van der Waals surface area contributed by atoms with Crippen LogP contribution in [0.25, 0.3) is 5.65 Å². The number of rotatable bonds is 4. The van der Waals surface area contributed by atoms with Crippen LogP contribution in [0.2, 0.25) is 0 Å². The quantitative estimate of drug-likeness (QED) is 0.545. The molecule has 0 unspecified atom stereocenters. The fraction of sp³-hybridized carbons (Fsp3) is 0.214. The zero-order valence-corrected chi connectivity index (χ0v) is 12.3. The van der Waals surface area contributed by atoms with Crippen LogP contribution in [0.3, 0.4) is 0 Å². The van der Waals surface area contributed by atoms with E-state index in [0.717, 1.165) is 10.8 Å². The summed E-state index contributed by atoms with van der Waals surface area (Å²) in [7, 11) is 1.32. The fourth-order valence-corrected chi connectivity index (χ4v) is 2.81. The second-order valence-electron chi connectivity index (χ2n) is 4.37. The summed E-state index contributed by atoms with van der Waals surface area (Å²) < 4.78 is 12.0. The summed E-state index contributed by atoms with van der Waals surface area (Å²) >= 11 is 1.51. The minimum absolute atomic E-state index is 0.00369. The second kappa shape index (κ2) is 5.61. The molecule has 0 saturated heterocycles. The lowest BCUT2D eigenvalue weighted by atomic mass is 10.3. The van der Waals surface area contributed by atoms with Crippen molar-refractivity contribution in [1.82, 2.24) is 14.6 Å². The largest absolute Gasteiger partial charge is 0.463 e. The van der Waals surface area contributed by atoms with Crippen LogP contribution in [0.5, 0.6) is 0 Å². The average molecular weight is 303 g/mol. The van der Waals surface area contributed by atoms with E-state index < -0.39 is 5.97 Å². The Labute approximate surface area is 125 Å². The van der Waals surface area contributed by atoms with Crippen LogP contribution in [0.4, 0.5) is 0 Å². The average Bonchev–Trinajstić information content (AvgIpc) is 3.14. The van der Waals surface area contributed by atoms with Crippen molar-refractivity contribution in [2.24, 2.45) is 0 Å². The first-order valence-corrected chi connectivity index (χ1v) is 7.21. The van der Waals surface area contributed by atoms with Crippen LogP contribution in [0.15, 0.2) is 46.1 Å². The molecular weight excluding hydrogens is 290 g/mol. The molecule has 3 aromatic rings. The second-order valence-corrected chi connectivity index (χ2v) is 5.67. The third-order valence-corrected chi connectivity index (χ3v) is 4.05. The minimum Gasteiger partial charge on any atom is -0.463 e. The fourth-order valence-electron chi connectivity index (χ4n) is 1.90. The molecule has 0 N–H and O–H groups in total. The van der Waals surface area contributed by atoms with Crippen molar-refractivity contribution < 1.29 is 13.9 Å². The van der Waals surface area contributed by atoms with Crippen molar-refractivity contribution in [3.8, 4) is 0 Å². The maximum atomic E-state index is 11.4. The molecule has 0 fully saturated rings. The van der Waals surface area contributed by atoms with Crippen molar-refractivity contribution in [3.63, 3.8) is 0 Å². The molecule has 0 bridgehead atoms. The number of aromatic nitrogens is 3. The van der Waals surface area contributed by atoms with Gasteiger partial charge in [0.15, 0.2) is 10.8 Å². The van der Waals surface area contributed by atoms with Crippen LogP contribution >= 0.6 is 11.8 Å². The van der Waals surface area contributed by atoms with E-state index in [4.69, 9.17) is 4.42 Å². The van der Waals surface area contributed by atoms with E-state index >= 15 is 0 Å². The van der Waals surface area contributed by atoms with Gasteiger partial charge in [-0.1, -0.05) is 17.8 Å². The van der Waals surface area contributed by atoms with E-state index in [2.05, 4.69) is 14.9 Å². The number of esters is 1. The number of furan rings is 1. The zero-order valence-electron chi connectivity index (χ0n) is 11.5. The van der Waals surface area contributed by atoms with Gasteiger partial charge in [-0.05, 0) is 31.2 Å². The lowest BCUT2D eigenvalue weighted by Crippen LogP contribution is -1.98. The van der Waals surface area contributed by atoms with E-state index in [1.54, 1.807) is 12.1 Å². The summed E-state index contributed by atoms with van der Waals surface area (Å²) in [4.78, 5) is 11.4. The van der Waals surface area contributed by atoms with Gasteiger partial charge in [-0.3, -0.25) is 4.40 Å². The van der Waals surface area contributed by atoms with Crippen LogP contribution in [0.1, 0.15) is 28.5 Å². The Bertz CT molecular complexity index is 780. The number of hydrogen-bond acceptors (Lipinski definition) is 6. The molecule has 0 saturated carbocycles. The van der Waals surface area contributed by atoms with Crippen molar-refractivity contribution >= 4 is 23.4 Å². The Hall–Kier alpha value is -2.28. The van der Waals surface area contributed by atoms with Crippen molar-refractivity contribution in [1.29, 1.82) is 0 Å². The smallest absolute Gasteiger partial charge is 0.373 e. The first-order chi connectivity index (χ1) is 10.2. The molecule has 3 rings (SSSR count). The van der Waals surface area contributed by atoms with Crippen LogP contribution in [0, 0.1) is 0 Å². The molecule has 7 heteroatoms. The number of hydrogen-bond donors (Lipinski definition) is 0. The van der Waals surface area contributed by atoms with E-state index in [1.165, 1.54) is 18.9 Å². The first kappa shape index (κ1) is 13.7. The van der Waals surface area contributed by atoms with Gasteiger partial charge in [-0.25, -0.2) is 4.79 Å². The van der Waals surface area contributed by atoms with Crippen LogP contribution in [-0.2, 0) is 4.74 Å². The highest BCUT2D eigenvalue weighted by atomic mass is 32.2. The van der Waals surface area contributed by atoms with Crippen molar-refractivity contribution in [2.75, 3.05) is 7.11 Å². The summed E-state index contributed by atoms with van der Waals surface area (Å²) in [5, 5.41) is 9.03. The van der Waals surface area contributed by atoms with Crippen LogP contribution in [-0.4, -0.2) is 27.7 Å². The van der Waals surface area contributed by atoms with Gasteiger partial charge < -0.3 is 9.15 Å². The first-order valence-electron chi connectivity index (χ1n) is 6.33. The highest BCUT2D eigenvalue weighted by Crippen LogP contribution is 2.34. The Morgan fingerprint density at radius 3 is 3.00 bits per heavy atom. The van der Waals surface area contributed by atoms with Crippen molar-refractivity contribution in [2.45, 2.75) is 17.3 Å². The Balaban J connectivity index is 1.81. The number of ether oxygens (including phenoxy) is 1. The molecule has 21 heavy (non-hydrogen) atoms. The molecule has 3 heterocycles. The van der Waals surface area contributed by atoms with Gasteiger partial charge in [0, 0.05) is 6.20 Å². The van der Waals surface area contributed by atoms with Gasteiger partial charge in [0.2, 0.25) is 5.76 Å². The zero-order chi connectivity index (χ0) is 14.8. The van der Waals surface area contributed by atoms with Gasteiger partial charge in [0.05, 0.1) is 12.4 Å². The number of thioether (sulfide) groups is 1. The number of pyridine rings is 1. The molecule has 0 amide bonds. The molecule has 6 nitrogen and oxygen atoms in total. The Kier molecular flexibility index (Phi) is 3.66. The highest BCUT2D eigenvalue weighted by molar-refractivity contribution is 7.99. The molecule has 1 atom stereocenters. The molecule has 108 valence electrons. The summed E-state index contributed by atoms with van der Waals surface area (Å²) in [6.45, 7) is 1.98. The number of methoxy groups -OCH3 is 1. The number of carbonyl (C=O) groups is 1. The molecule has 0 aliphatic heterocycles. The third-order valence-electron chi connectivity index (χ3n) is 2.98. The maximum absolute atomic E-state index is 11.4. The topological polar surface area (TPSA) is 69.6 Å². The number of nitrogens with zero attached hydrogens (tertiary/aromatic N) is 3. The molecule has 0 spiro atoms. The van der Waals surface area contributed by atoms with E-state index in [-0.39, 0.29) is 11.0 Å². The molecule has 0 aliphatic rings. The molecular formula is C14H13N3O3S. The van der Waals surface area contributed by atoms with Gasteiger partial charge in [0.1, 0.15) is 5.76 Å². The molecule has 3 aromatic heterocycles. The standard InChI is InChI=1S/C14H13N3O3S/c1-9(10-6-7-11(20-10)13(18)19-2)21-14-16-15-12-5-3-4-8-17(12)14/h3-9H,1-2H3/t9-/m1/s1.